The highest BCUT2D eigenvalue weighted by Crippen LogP contribution is 2.37. The monoisotopic (exact) mass is 416 g/mol. The fraction of sp³-hybridized carbons (Fsp3) is 0.591. The molecule has 1 aromatic carbocycles. The van der Waals surface area contributed by atoms with Crippen molar-refractivity contribution in [3.05, 3.63) is 35.4 Å². The fourth-order valence-electron chi connectivity index (χ4n) is 4.40. The first kappa shape index (κ1) is 22.2. The van der Waals surface area contributed by atoms with E-state index in [9.17, 15) is 14.4 Å². The molecule has 164 valence electrons. The maximum absolute atomic E-state index is 13.3. The van der Waals surface area contributed by atoms with Crippen LogP contribution in [-0.4, -0.2) is 97.0 Å². The molecule has 3 rings (SSSR count). The molecule has 0 N–H and O–H groups in total. The second-order valence-electron chi connectivity index (χ2n) is 8.28. The predicted molar refractivity (Wildman–Crippen MR) is 113 cm³/mol. The van der Waals surface area contributed by atoms with Crippen molar-refractivity contribution in [2.24, 2.45) is 0 Å². The number of benzene rings is 1. The Morgan fingerprint density at radius 2 is 1.77 bits per heavy atom. The van der Waals surface area contributed by atoms with Crippen LogP contribution in [0, 0.1) is 0 Å². The van der Waals surface area contributed by atoms with Gasteiger partial charge in [0.25, 0.3) is 5.91 Å². The Hall–Kier alpha value is -2.45. The van der Waals surface area contributed by atoms with E-state index in [1.807, 2.05) is 38.1 Å². The van der Waals surface area contributed by atoms with Gasteiger partial charge < -0.3 is 14.5 Å². The van der Waals surface area contributed by atoms with Crippen molar-refractivity contribution in [1.82, 2.24) is 19.6 Å². The number of carbonyl (C=O) groups excluding carboxylic acids is 3. The minimum Gasteiger partial charge on any atom is -0.465 e. The number of carbonyl (C=O) groups is 3. The fourth-order valence-corrected chi connectivity index (χ4v) is 4.40. The second-order valence-corrected chi connectivity index (χ2v) is 8.28. The first-order valence-electron chi connectivity index (χ1n) is 10.5. The summed E-state index contributed by atoms with van der Waals surface area (Å²) >= 11 is 0. The van der Waals surface area contributed by atoms with Gasteiger partial charge in [-0.25, -0.2) is 9.59 Å². The van der Waals surface area contributed by atoms with Crippen molar-refractivity contribution in [2.75, 3.05) is 53.9 Å². The molecular weight excluding hydrogens is 384 g/mol. The molecule has 1 aromatic rings. The number of nitrogens with zero attached hydrogens (tertiary/aromatic N) is 4. The molecule has 2 fully saturated rings. The molecule has 2 aliphatic rings. The van der Waals surface area contributed by atoms with Gasteiger partial charge in [-0.05, 0) is 51.6 Å². The standard InChI is InChI=1S/C22H32N4O4/c1-5-26-21(29)25(15-14-23(2)3)20(28)22(26)10-12-24(13-11-22)16-17-6-8-18(9-7-17)19(27)30-4/h6-9H,5,10-16H2,1-4H3. The molecule has 0 unspecified atom stereocenters. The van der Waals surface area contributed by atoms with E-state index >= 15 is 0 Å². The van der Waals surface area contributed by atoms with Gasteiger partial charge in [-0.15, -0.1) is 0 Å². The molecule has 0 bridgehead atoms. The van der Waals surface area contributed by atoms with E-state index in [0.29, 0.717) is 38.0 Å². The maximum Gasteiger partial charge on any atom is 0.337 e. The smallest absolute Gasteiger partial charge is 0.337 e. The summed E-state index contributed by atoms with van der Waals surface area (Å²) in [4.78, 5) is 45.2. The molecule has 2 saturated heterocycles. The molecule has 3 amide bonds. The highest BCUT2D eigenvalue weighted by Gasteiger charge is 2.57. The van der Waals surface area contributed by atoms with Crippen LogP contribution >= 0.6 is 0 Å². The molecule has 1 spiro atoms. The van der Waals surface area contributed by atoms with Crippen molar-refractivity contribution in [3.63, 3.8) is 0 Å². The van der Waals surface area contributed by atoms with E-state index in [-0.39, 0.29) is 17.9 Å². The summed E-state index contributed by atoms with van der Waals surface area (Å²) in [5.74, 6) is -0.386. The number of rotatable bonds is 7. The minimum atomic E-state index is -0.705. The van der Waals surface area contributed by atoms with Crippen LogP contribution in [0.3, 0.4) is 0 Å². The topological polar surface area (TPSA) is 73.4 Å². The number of imide groups is 1. The number of likely N-dealkylation sites (N-methyl/N-ethyl adjacent to an activating group) is 2. The third kappa shape index (κ3) is 4.20. The predicted octanol–water partition coefficient (Wildman–Crippen LogP) is 1.65. The van der Waals surface area contributed by atoms with Crippen LogP contribution < -0.4 is 0 Å². The third-order valence-corrected chi connectivity index (χ3v) is 6.17. The zero-order valence-electron chi connectivity index (χ0n) is 18.4. The Labute approximate surface area is 178 Å². The second kappa shape index (κ2) is 9.14. The molecule has 2 aliphatic heterocycles. The van der Waals surface area contributed by atoms with Crippen LogP contribution in [0.15, 0.2) is 24.3 Å². The molecule has 0 aromatic heterocycles. The SMILES string of the molecule is CCN1C(=O)N(CCN(C)C)C(=O)C12CCN(Cc1ccc(C(=O)OC)cc1)CC2. The van der Waals surface area contributed by atoms with E-state index in [1.54, 1.807) is 17.0 Å². The van der Waals surface area contributed by atoms with Gasteiger partial charge in [0.15, 0.2) is 0 Å². The van der Waals surface area contributed by atoms with Crippen LogP contribution in [0.25, 0.3) is 0 Å². The van der Waals surface area contributed by atoms with E-state index in [1.165, 1.54) is 12.0 Å². The van der Waals surface area contributed by atoms with Gasteiger partial charge in [-0.3, -0.25) is 14.6 Å². The summed E-state index contributed by atoms with van der Waals surface area (Å²) in [5, 5.41) is 0. The number of methoxy groups -OCH3 is 1. The van der Waals surface area contributed by atoms with Gasteiger partial charge in [0.2, 0.25) is 0 Å². The van der Waals surface area contributed by atoms with E-state index in [2.05, 4.69) is 4.90 Å². The first-order chi connectivity index (χ1) is 14.3. The van der Waals surface area contributed by atoms with Crippen LogP contribution in [0.4, 0.5) is 4.79 Å². The Morgan fingerprint density at radius 1 is 1.13 bits per heavy atom. The molecule has 2 heterocycles. The Balaban J connectivity index is 1.64. The number of hydrogen-bond acceptors (Lipinski definition) is 6. The number of esters is 1. The average Bonchev–Trinajstić information content (AvgIpc) is 2.93. The molecule has 0 aliphatic carbocycles. The van der Waals surface area contributed by atoms with Crippen LogP contribution in [0.5, 0.6) is 0 Å². The zero-order valence-corrected chi connectivity index (χ0v) is 18.4. The molecule has 0 atom stereocenters. The number of urea groups is 1. The maximum atomic E-state index is 13.3. The van der Waals surface area contributed by atoms with Crippen molar-refractivity contribution < 1.29 is 19.1 Å². The average molecular weight is 417 g/mol. The Bertz CT molecular complexity index is 785. The third-order valence-electron chi connectivity index (χ3n) is 6.17. The minimum absolute atomic E-state index is 0.0433. The molecule has 8 heteroatoms. The van der Waals surface area contributed by atoms with E-state index in [0.717, 1.165) is 25.2 Å². The Morgan fingerprint density at radius 3 is 2.30 bits per heavy atom. The highest BCUT2D eigenvalue weighted by molar-refractivity contribution is 6.07. The van der Waals surface area contributed by atoms with Gasteiger partial charge in [0.1, 0.15) is 5.54 Å². The summed E-state index contributed by atoms with van der Waals surface area (Å²) in [5.41, 5.74) is 0.932. The summed E-state index contributed by atoms with van der Waals surface area (Å²) in [6.07, 6.45) is 1.29. The lowest BCUT2D eigenvalue weighted by atomic mass is 9.85. The quantitative estimate of drug-likeness (QED) is 0.497. The number of amides is 3. The van der Waals surface area contributed by atoms with Crippen LogP contribution in [0.2, 0.25) is 0 Å². The van der Waals surface area contributed by atoms with Gasteiger partial charge in [-0.1, -0.05) is 12.1 Å². The van der Waals surface area contributed by atoms with Gasteiger partial charge >= 0.3 is 12.0 Å². The van der Waals surface area contributed by atoms with Gasteiger partial charge in [0, 0.05) is 39.3 Å². The molecule has 0 saturated carbocycles. The van der Waals surface area contributed by atoms with Crippen LogP contribution in [0.1, 0.15) is 35.7 Å². The number of hydrogen-bond donors (Lipinski definition) is 0. The van der Waals surface area contributed by atoms with Crippen LogP contribution in [-0.2, 0) is 16.1 Å². The lowest BCUT2D eigenvalue weighted by Crippen LogP contribution is -2.56. The normalized spacial score (nSPS) is 19.2. The van der Waals surface area contributed by atoms with Crippen molar-refractivity contribution in [3.8, 4) is 0 Å². The zero-order chi connectivity index (χ0) is 21.9. The number of ether oxygens (including phenoxy) is 1. The summed E-state index contributed by atoms with van der Waals surface area (Å²) < 4.78 is 4.74. The summed E-state index contributed by atoms with van der Waals surface area (Å²) in [6, 6.07) is 7.25. The lowest BCUT2D eigenvalue weighted by Gasteiger charge is -2.42. The van der Waals surface area contributed by atoms with Crippen molar-refractivity contribution in [2.45, 2.75) is 31.8 Å². The number of piperidine rings is 1. The van der Waals surface area contributed by atoms with Crippen molar-refractivity contribution >= 4 is 17.9 Å². The van der Waals surface area contributed by atoms with E-state index < -0.39 is 5.54 Å². The largest absolute Gasteiger partial charge is 0.465 e. The number of likely N-dealkylation sites (tertiary alicyclic amines) is 1. The summed E-state index contributed by atoms with van der Waals surface area (Å²) in [7, 11) is 5.25. The van der Waals surface area contributed by atoms with Gasteiger partial charge in [-0.2, -0.15) is 0 Å². The highest BCUT2D eigenvalue weighted by atomic mass is 16.5. The molecule has 30 heavy (non-hydrogen) atoms. The van der Waals surface area contributed by atoms with Crippen molar-refractivity contribution in [1.29, 1.82) is 0 Å². The first-order valence-corrected chi connectivity index (χ1v) is 10.5. The molecule has 8 nitrogen and oxygen atoms in total. The molecule has 0 radical (unpaired) electrons. The Kier molecular flexibility index (Phi) is 6.77. The lowest BCUT2D eigenvalue weighted by molar-refractivity contribution is -0.135. The van der Waals surface area contributed by atoms with Gasteiger partial charge in [0.05, 0.1) is 12.7 Å². The summed E-state index contributed by atoms with van der Waals surface area (Å²) in [6.45, 7) is 5.81. The van der Waals surface area contributed by atoms with E-state index in [4.69, 9.17) is 4.74 Å². The molecular formula is C22H32N4O4.